The van der Waals surface area contributed by atoms with Crippen LogP contribution in [0.25, 0.3) is 0 Å². The van der Waals surface area contributed by atoms with Crippen LogP contribution >= 0.6 is 0 Å². The second-order valence-corrected chi connectivity index (χ2v) is 6.88. The Morgan fingerprint density at radius 1 is 0.556 bits per heavy atom. The number of rotatable bonds is 2. The van der Waals surface area contributed by atoms with Crippen LogP contribution in [0.1, 0.15) is 23.7 Å². The van der Waals surface area contributed by atoms with Crippen molar-refractivity contribution in [2.75, 3.05) is 20.0 Å². The Hall–Kier alpha value is -1.80. The highest BCUT2D eigenvalue weighted by Gasteiger charge is 2.48. The van der Waals surface area contributed by atoms with Gasteiger partial charge in [0.2, 0.25) is 0 Å². The molecule has 0 aromatic heterocycles. The van der Waals surface area contributed by atoms with Crippen LogP contribution in [0.5, 0.6) is 0 Å². The summed E-state index contributed by atoms with van der Waals surface area (Å²) in [6.45, 7) is 1.03. The molecule has 5 rings (SSSR count). The van der Waals surface area contributed by atoms with Crippen LogP contribution in [0, 0.1) is 0 Å². The van der Waals surface area contributed by atoms with Crippen molar-refractivity contribution in [1.29, 1.82) is 0 Å². The summed E-state index contributed by atoms with van der Waals surface area (Å²) in [5.74, 6) is 0. The van der Waals surface area contributed by atoms with E-state index in [9.17, 15) is 0 Å². The van der Waals surface area contributed by atoms with E-state index in [1.165, 1.54) is 0 Å². The lowest BCUT2D eigenvalue weighted by Crippen LogP contribution is -2.55. The quantitative estimate of drug-likeness (QED) is 0.810. The Labute approximate surface area is 157 Å². The fourth-order valence-electron chi connectivity index (χ4n) is 3.74. The first kappa shape index (κ1) is 17.3. The molecule has 142 valence electrons. The topological polar surface area (TPSA) is 55.4 Å². The number of fused-ring (bicyclic) bond motifs is 3. The van der Waals surface area contributed by atoms with E-state index in [1.54, 1.807) is 0 Å². The molecule has 0 bridgehead atoms. The molecule has 2 aromatic rings. The largest absolute Gasteiger partial charge is 0.347 e. The smallest absolute Gasteiger partial charge is 0.184 e. The third-order valence-corrected chi connectivity index (χ3v) is 5.15. The second kappa shape index (κ2) is 7.67. The van der Waals surface area contributed by atoms with E-state index >= 15 is 0 Å². The lowest BCUT2D eigenvalue weighted by atomic mass is 10.0. The van der Waals surface area contributed by atoms with Crippen LogP contribution in [-0.4, -0.2) is 44.4 Å². The van der Waals surface area contributed by atoms with Crippen LogP contribution in [0.15, 0.2) is 60.7 Å². The monoisotopic (exact) mass is 370 g/mol. The van der Waals surface area contributed by atoms with Crippen LogP contribution in [0.4, 0.5) is 0 Å². The standard InChI is InChI=1S/C21H22O6/c1-3-7-14(8-4-1)20-22-11-16-18(26-20)19-17(25-13-24-16)12-23-21(27-19)15-9-5-2-6-10-15/h1-10,16-21H,11-13H2/t16-,17-,18-,19-,20?,21?/m1/s1. The Morgan fingerprint density at radius 2 is 1.00 bits per heavy atom. The molecule has 2 aromatic carbocycles. The first-order valence-electron chi connectivity index (χ1n) is 9.26. The highest BCUT2D eigenvalue weighted by atomic mass is 16.8. The summed E-state index contributed by atoms with van der Waals surface area (Å²) < 4.78 is 36.0. The molecule has 27 heavy (non-hydrogen) atoms. The van der Waals surface area contributed by atoms with E-state index in [0.29, 0.717) is 13.2 Å². The van der Waals surface area contributed by atoms with Crippen LogP contribution in [0.2, 0.25) is 0 Å². The van der Waals surface area contributed by atoms with Gasteiger partial charge < -0.3 is 28.4 Å². The molecule has 0 spiro atoms. The van der Waals surface area contributed by atoms with Gasteiger partial charge in [-0.25, -0.2) is 0 Å². The number of hydrogen-bond acceptors (Lipinski definition) is 6. The molecule has 3 aliphatic heterocycles. The maximum absolute atomic E-state index is 6.30. The zero-order chi connectivity index (χ0) is 18.1. The highest BCUT2D eigenvalue weighted by molar-refractivity contribution is 5.18. The van der Waals surface area contributed by atoms with Gasteiger partial charge in [-0.15, -0.1) is 0 Å². The average molecular weight is 370 g/mol. The van der Waals surface area contributed by atoms with Gasteiger partial charge in [0.15, 0.2) is 12.6 Å². The molecule has 3 aliphatic rings. The van der Waals surface area contributed by atoms with Crippen LogP contribution < -0.4 is 0 Å². The summed E-state index contributed by atoms with van der Waals surface area (Å²) in [6, 6.07) is 19.8. The van der Waals surface area contributed by atoms with Gasteiger partial charge in [0.25, 0.3) is 0 Å². The molecular formula is C21H22O6. The zero-order valence-electron chi connectivity index (χ0n) is 14.8. The van der Waals surface area contributed by atoms with Crippen molar-refractivity contribution in [2.45, 2.75) is 37.0 Å². The second-order valence-electron chi connectivity index (χ2n) is 6.88. The highest BCUT2D eigenvalue weighted by Crippen LogP contribution is 2.37. The van der Waals surface area contributed by atoms with Gasteiger partial charge in [-0.2, -0.15) is 0 Å². The molecule has 0 amide bonds. The van der Waals surface area contributed by atoms with E-state index < -0.39 is 12.6 Å². The van der Waals surface area contributed by atoms with Crippen LogP contribution in [0.3, 0.4) is 0 Å². The van der Waals surface area contributed by atoms with Crippen molar-refractivity contribution in [2.24, 2.45) is 0 Å². The third kappa shape index (κ3) is 3.52. The SMILES string of the molecule is c1ccc(C2OC[C@H]3OCO[C@@H]4COC(c5ccccc5)O[C@H]4[C@@H]3O2)cc1. The van der Waals surface area contributed by atoms with Gasteiger partial charge in [-0.05, 0) is 0 Å². The van der Waals surface area contributed by atoms with Gasteiger partial charge in [-0.3, -0.25) is 0 Å². The van der Waals surface area contributed by atoms with Crippen molar-refractivity contribution < 1.29 is 28.4 Å². The minimum atomic E-state index is -0.448. The summed E-state index contributed by atoms with van der Waals surface area (Å²) in [5.41, 5.74) is 1.95. The fourth-order valence-corrected chi connectivity index (χ4v) is 3.74. The van der Waals surface area contributed by atoms with Crippen molar-refractivity contribution in [3.63, 3.8) is 0 Å². The minimum absolute atomic E-state index is 0.174. The summed E-state index contributed by atoms with van der Waals surface area (Å²) in [6.07, 6.45) is -1.98. The minimum Gasteiger partial charge on any atom is -0.347 e. The molecule has 0 radical (unpaired) electrons. The maximum Gasteiger partial charge on any atom is 0.184 e. The average Bonchev–Trinajstić information content (AvgIpc) is 2.93. The Bertz CT molecular complexity index is 675. The first-order valence-corrected chi connectivity index (χ1v) is 9.26. The molecule has 3 saturated heterocycles. The van der Waals surface area contributed by atoms with E-state index in [4.69, 9.17) is 28.4 Å². The Balaban J connectivity index is 1.38. The molecule has 0 aliphatic carbocycles. The lowest BCUT2D eigenvalue weighted by molar-refractivity contribution is -0.319. The summed E-state index contributed by atoms with van der Waals surface area (Å²) >= 11 is 0. The summed E-state index contributed by atoms with van der Waals surface area (Å²) in [5, 5.41) is 0. The maximum atomic E-state index is 6.30. The van der Waals surface area contributed by atoms with Crippen molar-refractivity contribution >= 4 is 0 Å². The van der Waals surface area contributed by atoms with Crippen molar-refractivity contribution in [1.82, 2.24) is 0 Å². The Morgan fingerprint density at radius 3 is 1.44 bits per heavy atom. The number of hydrogen-bond donors (Lipinski definition) is 0. The van der Waals surface area contributed by atoms with Gasteiger partial charge in [0, 0.05) is 11.1 Å². The first-order chi connectivity index (χ1) is 13.4. The molecule has 0 N–H and O–H groups in total. The van der Waals surface area contributed by atoms with Gasteiger partial charge >= 0.3 is 0 Å². The summed E-state index contributed by atoms with van der Waals surface area (Å²) in [4.78, 5) is 0. The zero-order valence-corrected chi connectivity index (χ0v) is 14.8. The predicted octanol–water partition coefficient (Wildman–Crippen LogP) is 2.96. The number of benzene rings is 2. The molecule has 3 heterocycles. The van der Waals surface area contributed by atoms with Crippen molar-refractivity contribution in [3.05, 3.63) is 71.8 Å². The molecule has 0 saturated carbocycles. The normalized spacial score (nSPS) is 36.3. The van der Waals surface area contributed by atoms with E-state index in [0.717, 1.165) is 11.1 Å². The molecule has 6 atom stereocenters. The molecule has 6 heteroatoms. The van der Waals surface area contributed by atoms with Gasteiger partial charge in [-0.1, -0.05) is 60.7 Å². The third-order valence-electron chi connectivity index (χ3n) is 5.15. The number of ether oxygens (including phenoxy) is 6. The molecule has 2 unspecified atom stereocenters. The molecule has 3 fully saturated rings. The lowest BCUT2D eigenvalue weighted by Gasteiger charge is -2.42. The van der Waals surface area contributed by atoms with E-state index in [-0.39, 0.29) is 31.2 Å². The van der Waals surface area contributed by atoms with Crippen LogP contribution in [-0.2, 0) is 28.4 Å². The van der Waals surface area contributed by atoms with Crippen molar-refractivity contribution in [3.8, 4) is 0 Å². The van der Waals surface area contributed by atoms with E-state index in [2.05, 4.69) is 0 Å². The molecular weight excluding hydrogens is 348 g/mol. The van der Waals surface area contributed by atoms with Gasteiger partial charge in [0.1, 0.15) is 31.2 Å². The fraction of sp³-hybridized carbons (Fsp3) is 0.429. The summed E-state index contributed by atoms with van der Waals surface area (Å²) in [7, 11) is 0. The Kier molecular flexibility index (Phi) is 4.92. The predicted molar refractivity (Wildman–Crippen MR) is 94.6 cm³/mol. The molecule has 6 nitrogen and oxygen atoms in total. The van der Waals surface area contributed by atoms with Gasteiger partial charge in [0.05, 0.1) is 13.2 Å². The van der Waals surface area contributed by atoms with E-state index in [1.807, 2.05) is 60.7 Å².